The van der Waals surface area contributed by atoms with Crippen molar-refractivity contribution in [3.8, 4) is 16.8 Å². The van der Waals surface area contributed by atoms with Crippen LogP contribution in [0.25, 0.3) is 60.4 Å². The standard InChI is InChI=1S/C43H29N3/c1-3-13-29(14-4-1)43-35-19-9-12-22-41(35)46(43)45-40-21-11-8-18-34(40)37-28-31(24-26-42(37)45)30-23-25-39-36(27-30)33-17-7-10-20-38(33)44(39)32-15-5-2-6-16-32/h1-28,43H. The number of para-hydroxylation sites is 4. The average molecular weight is 588 g/mol. The Morgan fingerprint density at radius 2 is 0.913 bits per heavy atom. The summed E-state index contributed by atoms with van der Waals surface area (Å²) < 4.78 is 4.81. The van der Waals surface area contributed by atoms with Crippen LogP contribution in [0.5, 0.6) is 0 Å². The highest BCUT2D eigenvalue weighted by Gasteiger charge is 2.38. The summed E-state index contributed by atoms with van der Waals surface area (Å²) in [7, 11) is 0. The molecular weight excluding hydrogens is 558 g/mol. The first kappa shape index (κ1) is 25.3. The van der Waals surface area contributed by atoms with E-state index >= 15 is 0 Å². The van der Waals surface area contributed by atoms with Crippen LogP contribution < -0.4 is 5.01 Å². The van der Waals surface area contributed by atoms with E-state index in [2.05, 4.69) is 184 Å². The van der Waals surface area contributed by atoms with Crippen LogP contribution in [-0.4, -0.2) is 9.24 Å². The molecule has 46 heavy (non-hydrogen) atoms. The summed E-state index contributed by atoms with van der Waals surface area (Å²) in [5.41, 5.74) is 12.4. The number of hydrogen-bond acceptors (Lipinski definition) is 1. The third-order valence-electron chi connectivity index (χ3n) is 9.72. The van der Waals surface area contributed by atoms with E-state index in [0.29, 0.717) is 0 Å². The van der Waals surface area contributed by atoms with Crippen molar-refractivity contribution in [2.45, 2.75) is 6.04 Å². The number of fused-ring (bicyclic) bond motifs is 7. The van der Waals surface area contributed by atoms with Gasteiger partial charge in [-0.25, -0.2) is 0 Å². The molecule has 1 atom stereocenters. The third-order valence-corrected chi connectivity index (χ3v) is 9.72. The van der Waals surface area contributed by atoms with Gasteiger partial charge in [0.15, 0.2) is 0 Å². The molecule has 7 aromatic carbocycles. The van der Waals surface area contributed by atoms with Crippen LogP contribution in [0.2, 0.25) is 0 Å². The van der Waals surface area contributed by atoms with Gasteiger partial charge in [0.05, 0.1) is 27.8 Å². The maximum absolute atomic E-state index is 2.47. The second-order valence-electron chi connectivity index (χ2n) is 12.2. The van der Waals surface area contributed by atoms with E-state index in [0.717, 1.165) is 0 Å². The van der Waals surface area contributed by atoms with Gasteiger partial charge >= 0.3 is 0 Å². The number of anilines is 1. The fourth-order valence-corrected chi connectivity index (χ4v) is 7.68. The van der Waals surface area contributed by atoms with Gasteiger partial charge in [-0.2, -0.15) is 0 Å². The SMILES string of the molecule is c1ccc(C2c3ccccc3N2n2c3ccccc3c3cc(-c4ccc5c(c4)c4ccccc4n5-c4ccccc4)ccc32)cc1. The highest BCUT2D eigenvalue weighted by molar-refractivity contribution is 6.12. The lowest BCUT2D eigenvalue weighted by molar-refractivity contribution is 0.595. The number of rotatable bonds is 4. The molecule has 1 aliphatic rings. The topological polar surface area (TPSA) is 13.1 Å². The average Bonchev–Trinajstić information content (AvgIpc) is 3.62. The Balaban J connectivity index is 1.17. The van der Waals surface area contributed by atoms with Gasteiger partial charge in [0, 0.05) is 32.8 Å². The molecular formula is C43H29N3. The zero-order chi connectivity index (χ0) is 30.2. The fraction of sp³-hybridized carbons (Fsp3) is 0.0233. The fourth-order valence-electron chi connectivity index (χ4n) is 7.68. The molecule has 0 aliphatic carbocycles. The summed E-state index contributed by atoms with van der Waals surface area (Å²) in [6, 6.07) is 61.9. The maximum atomic E-state index is 2.47. The minimum absolute atomic E-state index is 0.153. The molecule has 0 spiro atoms. The lowest BCUT2D eigenvalue weighted by Crippen LogP contribution is -2.42. The summed E-state index contributed by atoms with van der Waals surface area (Å²) in [6.45, 7) is 0. The number of benzene rings is 7. The van der Waals surface area contributed by atoms with Crippen LogP contribution in [0.1, 0.15) is 17.2 Å². The normalized spacial score (nSPS) is 14.3. The van der Waals surface area contributed by atoms with Gasteiger partial charge in [-0.05, 0) is 71.3 Å². The first-order valence-electron chi connectivity index (χ1n) is 15.9. The zero-order valence-corrected chi connectivity index (χ0v) is 25.1. The van der Waals surface area contributed by atoms with Crippen LogP contribution in [0, 0.1) is 0 Å². The van der Waals surface area contributed by atoms with Crippen molar-refractivity contribution in [1.29, 1.82) is 0 Å². The number of nitrogens with zero attached hydrogens (tertiary/aromatic N) is 3. The molecule has 1 unspecified atom stereocenters. The molecule has 10 rings (SSSR count). The van der Waals surface area contributed by atoms with Gasteiger partial charge in [0.25, 0.3) is 0 Å². The molecule has 0 radical (unpaired) electrons. The highest BCUT2D eigenvalue weighted by atomic mass is 15.6. The van der Waals surface area contributed by atoms with Crippen LogP contribution in [0.3, 0.4) is 0 Å². The van der Waals surface area contributed by atoms with E-state index in [9.17, 15) is 0 Å². The van der Waals surface area contributed by atoms with E-state index in [1.807, 2.05) is 0 Å². The molecule has 0 saturated heterocycles. The molecule has 216 valence electrons. The van der Waals surface area contributed by atoms with E-state index in [1.54, 1.807) is 0 Å². The van der Waals surface area contributed by atoms with Crippen LogP contribution in [0.15, 0.2) is 170 Å². The molecule has 3 heteroatoms. The van der Waals surface area contributed by atoms with Crippen LogP contribution in [-0.2, 0) is 0 Å². The van der Waals surface area contributed by atoms with E-state index in [1.165, 1.54) is 77.2 Å². The first-order chi connectivity index (χ1) is 22.8. The molecule has 3 nitrogen and oxygen atoms in total. The molecule has 0 N–H and O–H groups in total. The summed E-state index contributed by atoms with van der Waals surface area (Å²) in [5, 5.41) is 7.53. The van der Waals surface area contributed by atoms with Crippen molar-refractivity contribution < 1.29 is 0 Å². The molecule has 9 aromatic rings. The number of aromatic nitrogens is 2. The minimum atomic E-state index is 0.153. The smallest absolute Gasteiger partial charge is 0.103 e. The predicted octanol–water partition coefficient (Wildman–Crippen LogP) is 10.9. The summed E-state index contributed by atoms with van der Waals surface area (Å²) >= 11 is 0. The molecule has 2 aromatic heterocycles. The van der Waals surface area contributed by atoms with Gasteiger partial charge in [-0.15, -0.1) is 0 Å². The molecule has 0 amide bonds. The lowest BCUT2D eigenvalue weighted by Gasteiger charge is -2.46. The minimum Gasteiger partial charge on any atom is -0.309 e. The summed E-state index contributed by atoms with van der Waals surface area (Å²) in [5.74, 6) is 0. The molecule has 0 fully saturated rings. The van der Waals surface area contributed by atoms with E-state index in [-0.39, 0.29) is 6.04 Å². The van der Waals surface area contributed by atoms with Crippen molar-refractivity contribution in [2.75, 3.05) is 5.01 Å². The molecule has 0 saturated carbocycles. The third kappa shape index (κ3) is 3.54. The van der Waals surface area contributed by atoms with Gasteiger partial charge < -0.3 is 4.57 Å². The summed E-state index contributed by atoms with van der Waals surface area (Å²) in [4.78, 5) is 0. The number of hydrogen-bond donors (Lipinski definition) is 0. The van der Waals surface area contributed by atoms with Crippen molar-refractivity contribution in [3.05, 3.63) is 181 Å². The Morgan fingerprint density at radius 1 is 0.391 bits per heavy atom. The Kier molecular flexibility index (Phi) is 5.34. The quantitative estimate of drug-likeness (QED) is 0.200. The van der Waals surface area contributed by atoms with Gasteiger partial charge in [0.1, 0.15) is 6.04 Å². The summed E-state index contributed by atoms with van der Waals surface area (Å²) in [6.07, 6.45) is 0. The largest absolute Gasteiger partial charge is 0.309 e. The second-order valence-corrected chi connectivity index (χ2v) is 12.2. The predicted molar refractivity (Wildman–Crippen MR) is 192 cm³/mol. The maximum Gasteiger partial charge on any atom is 0.103 e. The van der Waals surface area contributed by atoms with E-state index in [4.69, 9.17) is 0 Å². The molecule has 3 heterocycles. The Labute approximate surface area is 266 Å². The van der Waals surface area contributed by atoms with Crippen molar-refractivity contribution in [3.63, 3.8) is 0 Å². The molecule has 1 aliphatic heterocycles. The molecule has 0 bridgehead atoms. The van der Waals surface area contributed by atoms with Gasteiger partial charge in [-0.3, -0.25) is 9.69 Å². The van der Waals surface area contributed by atoms with Crippen LogP contribution in [0.4, 0.5) is 5.69 Å². The lowest BCUT2D eigenvalue weighted by atomic mass is 9.89. The zero-order valence-electron chi connectivity index (χ0n) is 25.1. The van der Waals surface area contributed by atoms with Gasteiger partial charge in [-0.1, -0.05) is 115 Å². The first-order valence-corrected chi connectivity index (χ1v) is 15.9. The Hall–Kier alpha value is -6.06. The van der Waals surface area contributed by atoms with Gasteiger partial charge in [0.2, 0.25) is 0 Å². The van der Waals surface area contributed by atoms with Crippen molar-refractivity contribution in [2.24, 2.45) is 0 Å². The second kappa shape index (κ2) is 9.72. The monoisotopic (exact) mass is 587 g/mol. The highest BCUT2D eigenvalue weighted by Crippen LogP contribution is 2.49. The van der Waals surface area contributed by atoms with Crippen LogP contribution >= 0.6 is 0 Å². The Morgan fingerprint density at radius 3 is 1.67 bits per heavy atom. The van der Waals surface area contributed by atoms with Crippen molar-refractivity contribution in [1.82, 2.24) is 9.24 Å². The van der Waals surface area contributed by atoms with E-state index < -0.39 is 0 Å². The van der Waals surface area contributed by atoms with Crippen molar-refractivity contribution >= 4 is 49.3 Å². The Bertz CT molecular complexity index is 2590.